The number of phosphoric ester groups is 1. The molecule has 3 rings (SSSR count). The van der Waals surface area contributed by atoms with Gasteiger partial charge in [-0.3, -0.25) is 14.6 Å². The lowest BCUT2D eigenvalue weighted by Gasteiger charge is -2.29. The van der Waals surface area contributed by atoms with E-state index in [9.17, 15) is 28.0 Å². The summed E-state index contributed by atoms with van der Waals surface area (Å²) in [6, 6.07) is 8.77. The molecule has 0 fully saturated rings. The number of aliphatic hydroxyl groups excluding tert-OH is 1. The van der Waals surface area contributed by atoms with Crippen molar-refractivity contribution >= 4 is 48.0 Å². The molecular weight excluding hydrogens is 575 g/mol. The second-order valence-corrected chi connectivity index (χ2v) is 10.4. The van der Waals surface area contributed by atoms with Crippen LogP contribution in [0.2, 0.25) is 5.02 Å². The van der Waals surface area contributed by atoms with Crippen LogP contribution in [0.4, 0.5) is 19.4 Å². The van der Waals surface area contributed by atoms with Crippen molar-refractivity contribution in [2.24, 2.45) is 0 Å². The predicted molar refractivity (Wildman–Crippen MR) is 142 cm³/mol. The van der Waals surface area contributed by atoms with Gasteiger partial charge in [0.1, 0.15) is 24.1 Å². The minimum Gasteiger partial charge on any atom is -0.447 e. The third-order valence-corrected chi connectivity index (χ3v) is 6.79. The number of aromatic nitrogens is 1. The van der Waals surface area contributed by atoms with Crippen molar-refractivity contribution in [3.63, 3.8) is 0 Å². The Bertz CT molecular complexity index is 1410. The molecule has 1 heterocycles. The number of nitrogens with one attached hydrogen (secondary N) is 1. The van der Waals surface area contributed by atoms with E-state index in [1.165, 1.54) is 54.5 Å². The molecule has 0 radical (unpaired) electrons. The van der Waals surface area contributed by atoms with Crippen molar-refractivity contribution in [3.8, 4) is 0 Å². The minimum absolute atomic E-state index is 0.0751. The molecule has 2 atom stereocenters. The summed E-state index contributed by atoms with van der Waals surface area (Å²) in [7, 11) is -3.47. The Hall–Kier alpha value is -3.19. The van der Waals surface area contributed by atoms with E-state index >= 15 is 0 Å². The Morgan fingerprint density at radius 1 is 1.15 bits per heavy atom. The highest BCUT2D eigenvalue weighted by molar-refractivity contribution is 7.46. The summed E-state index contributed by atoms with van der Waals surface area (Å²) in [5.74, 6) is -1.48. The van der Waals surface area contributed by atoms with Gasteiger partial charge in [0.15, 0.2) is 0 Å². The Morgan fingerprint density at radius 3 is 2.62 bits per heavy atom. The van der Waals surface area contributed by atoms with Gasteiger partial charge in [0, 0.05) is 25.1 Å². The minimum atomic E-state index is -4.86. The van der Waals surface area contributed by atoms with Crippen molar-refractivity contribution in [2.75, 3.05) is 25.6 Å². The number of hydrogen-bond acceptors (Lipinski definition) is 7. The van der Waals surface area contributed by atoms with E-state index in [1.54, 1.807) is 6.07 Å². The lowest BCUT2D eigenvalue weighted by atomic mass is 10.1. The van der Waals surface area contributed by atoms with Crippen LogP contribution in [0.5, 0.6) is 0 Å². The number of hydrogen-bond donors (Lipinski definition) is 4. The number of fused-ring (bicyclic) bond motifs is 1. The molecule has 0 saturated carbocycles. The lowest BCUT2D eigenvalue weighted by molar-refractivity contribution is -0.133. The van der Waals surface area contributed by atoms with Crippen molar-refractivity contribution in [1.82, 2.24) is 9.88 Å². The summed E-state index contributed by atoms with van der Waals surface area (Å²) in [5, 5.41) is 13.7. The zero-order valence-corrected chi connectivity index (χ0v) is 22.8. The van der Waals surface area contributed by atoms with Gasteiger partial charge in [-0.1, -0.05) is 23.7 Å². The molecule has 0 saturated heterocycles. The quantitative estimate of drug-likeness (QED) is 0.225. The Balaban J connectivity index is 1.65. The van der Waals surface area contributed by atoms with E-state index in [4.69, 9.17) is 26.1 Å². The molecule has 4 N–H and O–H groups in total. The third-order valence-electron chi connectivity index (χ3n) is 5.88. The second kappa shape index (κ2) is 13.9. The maximum Gasteiger partial charge on any atom is 0.469 e. The molecule has 0 aliphatic rings. The number of anilines is 1. The second-order valence-electron chi connectivity index (χ2n) is 8.83. The number of likely N-dealkylation sites (N-methyl/N-ethyl adjacent to an activating group) is 1. The number of aliphatic hydroxyl groups is 1. The molecule has 15 heteroatoms. The zero-order valence-electron chi connectivity index (χ0n) is 21.2. The third kappa shape index (κ3) is 9.47. The van der Waals surface area contributed by atoms with Gasteiger partial charge in [-0.15, -0.1) is 0 Å². The van der Waals surface area contributed by atoms with Crippen LogP contribution in [0.3, 0.4) is 0 Å². The van der Waals surface area contributed by atoms with Crippen LogP contribution in [-0.2, 0) is 25.0 Å². The van der Waals surface area contributed by atoms with Gasteiger partial charge in [0.05, 0.1) is 23.8 Å². The lowest BCUT2D eigenvalue weighted by Crippen LogP contribution is -2.43. The number of amides is 2. The van der Waals surface area contributed by atoms with Crippen LogP contribution in [0.1, 0.15) is 18.4 Å². The summed E-state index contributed by atoms with van der Waals surface area (Å²) < 4.78 is 47.8. The normalized spacial score (nSPS) is 13.1. The summed E-state index contributed by atoms with van der Waals surface area (Å²) in [4.78, 5) is 48.4. The first-order chi connectivity index (χ1) is 18.8. The van der Waals surface area contributed by atoms with E-state index in [-0.39, 0.29) is 30.1 Å². The maximum atomic E-state index is 13.7. The molecule has 0 spiro atoms. The number of carbonyl (C=O) groups is 2. The number of ether oxygens (including phenoxy) is 1. The van der Waals surface area contributed by atoms with Crippen LogP contribution in [0.15, 0.2) is 48.7 Å². The van der Waals surface area contributed by atoms with E-state index in [0.29, 0.717) is 16.3 Å². The van der Waals surface area contributed by atoms with Crippen molar-refractivity contribution < 1.29 is 47.1 Å². The molecule has 40 heavy (non-hydrogen) atoms. The standard InChI is InChI=1S/C25H27ClF2N3O8P/c1-31(23(33)8-6-15-3-2-4-21(28)24(15)26)19(11-20(32)14-39-40(35,36)37)13-38-25(34)30-22-10-17-9-18(27)7-5-16(17)12-29-22/h2-5,7,9-10,12,19-20,32H,6,8,11,13-14H2,1H3,(H,29,30,34)(H2,35,36,37)/t19-,20+/m1/s1. The fourth-order valence-electron chi connectivity index (χ4n) is 3.76. The van der Waals surface area contributed by atoms with Gasteiger partial charge in [-0.2, -0.15) is 0 Å². The number of nitrogens with zero attached hydrogens (tertiary/aromatic N) is 2. The van der Waals surface area contributed by atoms with Gasteiger partial charge in [0.2, 0.25) is 5.91 Å². The predicted octanol–water partition coefficient (Wildman–Crippen LogP) is 4.04. The van der Waals surface area contributed by atoms with Gasteiger partial charge in [0.25, 0.3) is 0 Å². The van der Waals surface area contributed by atoms with Crippen LogP contribution in [0.25, 0.3) is 10.8 Å². The molecule has 3 aromatic rings. The highest BCUT2D eigenvalue weighted by Gasteiger charge is 2.26. The molecule has 2 aromatic carbocycles. The van der Waals surface area contributed by atoms with Gasteiger partial charge in [-0.05, 0) is 54.1 Å². The zero-order chi connectivity index (χ0) is 29.4. The highest BCUT2D eigenvalue weighted by atomic mass is 35.5. The van der Waals surface area contributed by atoms with Gasteiger partial charge < -0.3 is 24.5 Å². The summed E-state index contributed by atoms with van der Waals surface area (Å²) in [6.07, 6.45) is -1.23. The number of benzene rings is 2. The van der Waals surface area contributed by atoms with Gasteiger partial charge >= 0.3 is 13.9 Å². The largest absolute Gasteiger partial charge is 0.469 e. The molecule has 0 aliphatic carbocycles. The van der Waals surface area contributed by atoms with Gasteiger partial charge in [-0.25, -0.2) is 23.1 Å². The molecular formula is C25H27ClF2N3O8P. The van der Waals surface area contributed by atoms with Crippen LogP contribution >= 0.6 is 19.4 Å². The number of halogens is 3. The summed E-state index contributed by atoms with van der Waals surface area (Å²) in [6.45, 7) is -1.17. The maximum absolute atomic E-state index is 13.7. The number of rotatable bonds is 12. The topological polar surface area (TPSA) is 159 Å². The number of phosphoric acid groups is 1. The summed E-state index contributed by atoms with van der Waals surface area (Å²) >= 11 is 5.95. The molecule has 0 bridgehead atoms. The molecule has 0 aliphatic heterocycles. The number of aryl methyl sites for hydroxylation is 1. The first kappa shape index (κ1) is 31.3. The van der Waals surface area contributed by atoms with Crippen molar-refractivity contribution in [3.05, 3.63) is 70.9 Å². The van der Waals surface area contributed by atoms with E-state index in [1.807, 2.05) is 0 Å². The smallest absolute Gasteiger partial charge is 0.447 e. The highest BCUT2D eigenvalue weighted by Crippen LogP contribution is 2.36. The van der Waals surface area contributed by atoms with Crippen LogP contribution in [0, 0.1) is 11.6 Å². The average molecular weight is 602 g/mol. The molecule has 1 aromatic heterocycles. The summed E-state index contributed by atoms with van der Waals surface area (Å²) in [5.41, 5.74) is 0.411. The van der Waals surface area contributed by atoms with Crippen LogP contribution in [-0.4, -0.2) is 69.2 Å². The molecule has 2 amide bonds. The first-order valence-electron chi connectivity index (χ1n) is 11.9. The first-order valence-corrected chi connectivity index (χ1v) is 13.8. The Labute approximate surface area is 232 Å². The number of pyridine rings is 1. The Morgan fingerprint density at radius 2 is 1.90 bits per heavy atom. The van der Waals surface area contributed by atoms with E-state index < -0.39 is 56.8 Å². The monoisotopic (exact) mass is 601 g/mol. The SMILES string of the molecule is CN(C(=O)CCc1cccc(F)c1Cl)[C@@H](COC(=O)Nc1cc2cc(F)ccc2cn1)C[C@H](O)COP(=O)(O)O. The fraction of sp³-hybridized carbons (Fsp3) is 0.320. The molecule has 216 valence electrons. The van der Waals surface area contributed by atoms with Crippen molar-refractivity contribution in [1.29, 1.82) is 0 Å². The fourth-order valence-corrected chi connectivity index (χ4v) is 4.35. The van der Waals surface area contributed by atoms with E-state index in [0.717, 1.165) is 0 Å². The number of carbonyl (C=O) groups excluding carboxylic acids is 2. The average Bonchev–Trinajstić information content (AvgIpc) is 2.89. The Kier molecular flexibility index (Phi) is 10.9. The van der Waals surface area contributed by atoms with E-state index in [2.05, 4.69) is 14.8 Å². The molecule has 11 nitrogen and oxygen atoms in total. The van der Waals surface area contributed by atoms with Crippen molar-refractivity contribution in [2.45, 2.75) is 31.4 Å². The van der Waals surface area contributed by atoms with Crippen LogP contribution < -0.4 is 5.32 Å². The molecule has 0 unspecified atom stereocenters.